The number of nitrogens with one attached hydrogen (secondary N) is 2. The van der Waals surface area contributed by atoms with Crippen LogP contribution in [0.2, 0.25) is 0 Å². The number of hydrogen-bond donors (Lipinski definition) is 4. The minimum absolute atomic E-state index is 0.0601. The van der Waals surface area contributed by atoms with Gasteiger partial charge >= 0.3 is 5.97 Å². The summed E-state index contributed by atoms with van der Waals surface area (Å²) in [6.45, 7) is 0. The van der Waals surface area contributed by atoms with Gasteiger partial charge in [0.05, 0.1) is 18.4 Å². The zero-order valence-electron chi connectivity index (χ0n) is 14.4. The lowest BCUT2D eigenvalue weighted by Crippen LogP contribution is -2.33. The summed E-state index contributed by atoms with van der Waals surface area (Å²) in [5.41, 5.74) is 11.6. The maximum absolute atomic E-state index is 14.8. The molecule has 0 fully saturated rings. The highest BCUT2D eigenvalue weighted by molar-refractivity contribution is 5.99. The van der Waals surface area contributed by atoms with Crippen LogP contribution in [0.4, 0.5) is 21.7 Å². The van der Waals surface area contributed by atoms with Crippen molar-refractivity contribution in [2.24, 2.45) is 4.99 Å². The van der Waals surface area contributed by atoms with Crippen LogP contribution < -0.4 is 22.1 Å². The molecule has 3 rings (SSSR count). The first-order valence-corrected chi connectivity index (χ1v) is 7.78. The smallest absolute Gasteiger partial charge is 0.338 e. The van der Waals surface area contributed by atoms with Gasteiger partial charge in [0.15, 0.2) is 6.19 Å². The topological polar surface area (TPSA) is 175 Å². The summed E-state index contributed by atoms with van der Waals surface area (Å²) in [5.74, 6) is -1.68. The fourth-order valence-corrected chi connectivity index (χ4v) is 2.89. The molecule has 1 aromatic carbocycles. The average Bonchev–Trinajstić information content (AvgIpc) is 2.67. The minimum atomic E-state index is -1.19. The Bertz CT molecular complexity index is 1100. The van der Waals surface area contributed by atoms with E-state index in [-0.39, 0.29) is 45.5 Å². The summed E-state index contributed by atoms with van der Waals surface area (Å²) in [7, 11) is 1.16. The van der Waals surface area contributed by atoms with E-state index in [0.29, 0.717) is 0 Å². The summed E-state index contributed by atoms with van der Waals surface area (Å²) in [5, 5.41) is 23.2. The molecule has 6 N–H and O–H groups in total. The Hall–Kier alpha value is -4.38. The number of nitrogens with zero attached hydrogens (tertiary/aromatic N) is 4. The molecule has 0 saturated carbocycles. The molecule has 1 aromatic heterocycles. The normalized spacial score (nSPS) is 14.6. The first-order chi connectivity index (χ1) is 13.4. The molecule has 0 aliphatic carbocycles. The predicted octanol–water partition coefficient (Wildman–Crippen LogP) is 0.985. The number of guanidine groups is 1. The van der Waals surface area contributed by atoms with E-state index in [1.54, 1.807) is 6.19 Å². The summed E-state index contributed by atoms with van der Waals surface area (Å²) >= 11 is 0. The van der Waals surface area contributed by atoms with Gasteiger partial charge in [-0.1, -0.05) is 6.07 Å². The van der Waals surface area contributed by atoms with Crippen LogP contribution >= 0.6 is 0 Å². The molecule has 0 saturated heterocycles. The van der Waals surface area contributed by atoms with Crippen LogP contribution in [0, 0.1) is 28.6 Å². The second-order valence-corrected chi connectivity index (χ2v) is 5.59. The van der Waals surface area contributed by atoms with Crippen molar-refractivity contribution in [2.45, 2.75) is 6.04 Å². The Kier molecular flexibility index (Phi) is 4.66. The first-order valence-electron chi connectivity index (χ1n) is 7.78. The number of methoxy groups -OCH3 is 1. The number of anilines is 3. The number of nitrogens with two attached hydrogens (primary N) is 2. The standard InChI is InChI=1S/C17H13FN8O2/c1-28-16(27)7-3-2-4-9(18)10(7)13-11-12(21)8(5-19)14(22)25-15(11)26-17(24-13)23-6-20/h2-4,13H,1H3,(H6,21,22,23,24,25,26). The Labute approximate surface area is 158 Å². The number of pyridine rings is 1. The predicted molar refractivity (Wildman–Crippen MR) is 97.2 cm³/mol. The lowest BCUT2D eigenvalue weighted by atomic mass is 9.91. The molecule has 0 radical (unpaired) electrons. The number of esters is 1. The number of rotatable bonds is 2. The fraction of sp³-hybridized carbons (Fsp3) is 0.118. The van der Waals surface area contributed by atoms with Crippen LogP contribution in [0.25, 0.3) is 0 Å². The van der Waals surface area contributed by atoms with Gasteiger partial charge in [0.25, 0.3) is 0 Å². The number of aromatic nitrogens is 1. The number of fused-ring (bicyclic) bond motifs is 1. The largest absolute Gasteiger partial charge is 0.465 e. The van der Waals surface area contributed by atoms with Gasteiger partial charge < -0.3 is 21.5 Å². The van der Waals surface area contributed by atoms with Crippen molar-refractivity contribution in [3.8, 4) is 12.3 Å². The van der Waals surface area contributed by atoms with Crippen molar-refractivity contribution in [1.29, 1.82) is 10.5 Å². The van der Waals surface area contributed by atoms with E-state index in [0.717, 1.165) is 13.2 Å². The third-order valence-electron chi connectivity index (χ3n) is 4.09. The van der Waals surface area contributed by atoms with Gasteiger partial charge in [-0.05, 0) is 12.1 Å². The highest BCUT2D eigenvalue weighted by Gasteiger charge is 2.34. The number of carbonyl (C=O) groups excluding carboxylic acids is 1. The van der Waals surface area contributed by atoms with Gasteiger partial charge in [0.2, 0.25) is 5.96 Å². The number of halogens is 1. The number of nitriles is 2. The van der Waals surface area contributed by atoms with Gasteiger partial charge in [-0.15, -0.1) is 0 Å². The highest BCUT2D eigenvalue weighted by atomic mass is 19.1. The summed E-state index contributed by atoms with van der Waals surface area (Å²) in [6.07, 6.45) is 1.68. The van der Waals surface area contributed by atoms with Crippen molar-refractivity contribution in [2.75, 3.05) is 23.9 Å². The van der Waals surface area contributed by atoms with E-state index in [1.807, 2.05) is 6.07 Å². The minimum Gasteiger partial charge on any atom is -0.465 e. The second kappa shape index (κ2) is 7.09. The molecule has 0 bridgehead atoms. The number of benzene rings is 1. The molecule has 140 valence electrons. The third-order valence-corrected chi connectivity index (χ3v) is 4.09. The van der Waals surface area contributed by atoms with Crippen LogP contribution in [0.5, 0.6) is 0 Å². The SMILES string of the molecule is COC(=O)c1cccc(F)c1C1N=C(NC#N)Nc2nc(N)c(C#N)c(N)c21. The van der Waals surface area contributed by atoms with Crippen LogP contribution in [-0.2, 0) is 4.74 Å². The quantitative estimate of drug-likeness (QED) is 0.336. The average molecular weight is 380 g/mol. The van der Waals surface area contributed by atoms with Crippen LogP contribution in [0.15, 0.2) is 23.2 Å². The molecule has 1 aliphatic heterocycles. The van der Waals surface area contributed by atoms with Crippen molar-refractivity contribution < 1.29 is 13.9 Å². The Morgan fingerprint density at radius 3 is 2.75 bits per heavy atom. The van der Waals surface area contributed by atoms with E-state index >= 15 is 0 Å². The van der Waals surface area contributed by atoms with Gasteiger partial charge in [0.1, 0.15) is 35.1 Å². The maximum atomic E-state index is 14.8. The summed E-state index contributed by atoms with van der Waals surface area (Å²) < 4.78 is 19.5. The Balaban J connectivity index is 2.35. The van der Waals surface area contributed by atoms with Crippen molar-refractivity contribution >= 4 is 29.3 Å². The number of nitrogen functional groups attached to an aromatic ring is 2. The summed E-state index contributed by atoms with van der Waals surface area (Å²) in [6, 6.07) is 4.50. The number of hydrogen-bond acceptors (Lipinski definition) is 10. The molecule has 28 heavy (non-hydrogen) atoms. The van der Waals surface area contributed by atoms with Crippen molar-refractivity contribution in [3.05, 3.63) is 46.3 Å². The molecule has 10 nitrogen and oxygen atoms in total. The van der Waals surface area contributed by atoms with Crippen LogP contribution in [-0.4, -0.2) is 24.0 Å². The van der Waals surface area contributed by atoms with Crippen LogP contribution in [0.1, 0.15) is 33.1 Å². The molecule has 0 amide bonds. The maximum Gasteiger partial charge on any atom is 0.338 e. The zero-order chi connectivity index (χ0) is 20.4. The molecule has 2 aromatic rings. The third kappa shape index (κ3) is 2.87. The number of aliphatic imine (C=N–C) groups is 1. The molecule has 1 atom stereocenters. The van der Waals surface area contributed by atoms with E-state index in [9.17, 15) is 14.4 Å². The lowest BCUT2D eigenvalue weighted by Gasteiger charge is -2.27. The Morgan fingerprint density at radius 2 is 2.11 bits per heavy atom. The molecule has 11 heteroatoms. The van der Waals surface area contributed by atoms with E-state index in [2.05, 4.69) is 20.6 Å². The number of ether oxygens (including phenoxy) is 1. The molecular formula is C17H13FN8O2. The summed E-state index contributed by atoms with van der Waals surface area (Å²) in [4.78, 5) is 20.5. The van der Waals surface area contributed by atoms with E-state index in [4.69, 9.17) is 21.5 Å². The van der Waals surface area contributed by atoms with Crippen molar-refractivity contribution in [3.63, 3.8) is 0 Å². The molecule has 1 unspecified atom stereocenters. The molecule has 2 heterocycles. The monoisotopic (exact) mass is 380 g/mol. The first kappa shape index (κ1) is 18.4. The molecule has 1 aliphatic rings. The van der Waals surface area contributed by atoms with Crippen molar-refractivity contribution in [1.82, 2.24) is 10.3 Å². The van der Waals surface area contributed by atoms with Gasteiger partial charge in [0, 0.05) is 11.1 Å². The fourth-order valence-electron chi connectivity index (χ4n) is 2.89. The second-order valence-electron chi connectivity index (χ2n) is 5.59. The highest BCUT2D eigenvalue weighted by Crippen LogP contribution is 2.42. The molecule has 0 spiro atoms. The van der Waals surface area contributed by atoms with E-state index < -0.39 is 17.8 Å². The van der Waals surface area contributed by atoms with Crippen LogP contribution in [0.3, 0.4) is 0 Å². The number of carbonyl (C=O) groups is 1. The molecular weight excluding hydrogens is 367 g/mol. The van der Waals surface area contributed by atoms with Gasteiger partial charge in [-0.25, -0.2) is 19.2 Å². The van der Waals surface area contributed by atoms with Gasteiger partial charge in [-0.2, -0.15) is 10.5 Å². The Morgan fingerprint density at radius 1 is 1.36 bits per heavy atom. The zero-order valence-corrected chi connectivity index (χ0v) is 14.4. The van der Waals surface area contributed by atoms with E-state index in [1.165, 1.54) is 12.1 Å². The van der Waals surface area contributed by atoms with Gasteiger partial charge in [-0.3, -0.25) is 5.32 Å². The lowest BCUT2D eigenvalue weighted by molar-refractivity contribution is 0.0598.